The van der Waals surface area contributed by atoms with Gasteiger partial charge in [0.2, 0.25) is 5.91 Å². The smallest absolute Gasteiger partial charge is 0.265 e. The Hall–Kier alpha value is -2.41. The van der Waals surface area contributed by atoms with Crippen molar-refractivity contribution in [2.75, 3.05) is 24.6 Å². The summed E-state index contributed by atoms with van der Waals surface area (Å²) in [6.07, 6.45) is 1.93. The first-order chi connectivity index (χ1) is 11.7. The van der Waals surface area contributed by atoms with E-state index < -0.39 is 0 Å². The van der Waals surface area contributed by atoms with Gasteiger partial charge in [-0.1, -0.05) is 13.3 Å². The van der Waals surface area contributed by atoms with E-state index in [1.165, 1.54) is 16.2 Å². The Morgan fingerprint density at radius 1 is 1.46 bits per heavy atom. The lowest BCUT2D eigenvalue weighted by molar-refractivity contribution is -0.125. The van der Waals surface area contributed by atoms with E-state index in [-0.39, 0.29) is 25.0 Å². The third-order valence-corrected chi connectivity index (χ3v) is 4.37. The number of unbranched alkanes of at least 4 members (excludes halogenated alkanes) is 1. The molecule has 0 saturated carbocycles. The molecule has 1 N–H and O–H groups in total. The minimum atomic E-state index is -0.219. The fraction of sp³-hybridized carbons (Fsp3) is 0.353. The Balaban J connectivity index is 1.82. The lowest BCUT2D eigenvalue weighted by Gasteiger charge is -2.29. The summed E-state index contributed by atoms with van der Waals surface area (Å²) in [7, 11) is 0. The largest absolute Gasteiger partial charge is 0.482 e. The minimum absolute atomic E-state index is 0.000569. The van der Waals surface area contributed by atoms with E-state index in [0.717, 1.165) is 24.1 Å². The third kappa shape index (κ3) is 3.56. The van der Waals surface area contributed by atoms with Crippen molar-refractivity contribution in [3.63, 3.8) is 0 Å². The van der Waals surface area contributed by atoms with Crippen LogP contribution in [0.3, 0.4) is 0 Å². The predicted molar refractivity (Wildman–Crippen MR) is 93.3 cm³/mol. The first-order valence-corrected chi connectivity index (χ1v) is 8.85. The van der Waals surface area contributed by atoms with Gasteiger partial charge in [-0.25, -0.2) is 4.98 Å². The predicted octanol–water partition coefficient (Wildman–Crippen LogP) is 2.45. The highest BCUT2D eigenvalue weighted by Gasteiger charge is 2.27. The molecule has 1 aliphatic rings. The fourth-order valence-corrected chi connectivity index (χ4v) is 3.06. The molecule has 0 fully saturated rings. The number of fused-ring (bicyclic) bond motifs is 1. The van der Waals surface area contributed by atoms with E-state index in [4.69, 9.17) is 4.74 Å². The molecule has 0 unspecified atom stereocenters. The maximum Gasteiger partial charge on any atom is 0.265 e. The van der Waals surface area contributed by atoms with E-state index in [1.54, 1.807) is 5.51 Å². The van der Waals surface area contributed by atoms with E-state index >= 15 is 0 Å². The Labute approximate surface area is 144 Å². The molecule has 0 radical (unpaired) electrons. The summed E-state index contributed by atoms with van der Waals surface area (Å²) >= 11 is 1.51. The first kappa shape index (κ1) is 16.4. The topological polar surface area (TPSA) is 71.5 Å². The highest BCUT2D eigenvalue weighted by Crippen LogP contribution is 2.35. The standard InChI is InChI=1S/C17H19N3O3S/c1-2-3-6-18-16(21)8-20-14-7-12(13-10-24-11-19-13)4-5-15(14)23-9-17(20)22/h4-5,7,10-11H,2-3,6,8-9H2,1H3,(H,18,21). The molecule has 24 heavy (non-hydrogen) atoms. The maximum absolute atomic E-state index is 12.2. The molecule has 0 spiro atoms. The zero-order valence-electron chi connectivity index (χ0n) is 13.4. The van der Waals surface area contributed by atoms with Crippen LogP contribution in [0.5, 0.6) is 5.75 Å². The summed E-state index contributed by atoms with van der Waals surface area (Å²) in [5, 5.41) is 4.78. The number of nitrogens with zero attached hydrogens (tertiary/aromatic N) is 2. The molecular weight excluding hydrogens is 326 g/mol. The Morgan fingerprint density at radius 3 is 3.08 bits per heavy atom. The number of rotatable bonds is 6. The van der Waals surface area contributed by atoms with Crippen LogP contribution in [0.15, 0.2) is 29.1 Å². The summed E-state index contributed by atoms with van der Waals surface area (Å²) in [4.78, 5) is 30.1. The second kappa shape index (κ2) is 7.44. The summed E-state index contributed by atoms with van der Waals surface area (Å²) in [6.45, 7) is 2.64. The number of aromatic nitrogens is 1. The normalized spacial score (nSPS) is 13.4. The Kier molecular flexibility index (Phi) is 5.10. The van der Waals surface area contributed by atoms with Crippen molar-refractivity contribution in [2.24, 2.45) is 0 Å². The van der Waals surface area contributed by atoms with Gasteiger partial charge in [-0.3, -0.25) is 14.5 Å². The number of benzene rings is 1. The average molecular weight is 345 g/mol. The fourth-order valence-electron chi connectivity index (χ4n) is 2.49. The van der Waals surface area contributed by atoms with Gasteiger partial charge in [0.1, 0.15) is 12.3 Å². The van der Waals surface area contributed by atoms with Gasteiger partial charge in [0.05, 0.1) is 16.9 Å². The van der Waals surface area contributed by atoms with Gasteiger partial charge in [-0.05, 0) is 24.6 Å². The summed E-state index contributed by atoms with van der Waals surface area (Å²) in [5.41, 5.74) is 4.11. The van der Waals surface area contributed by atoms with Crippen molar-refractivity contribution in [3.05, 3.63) is 29.1 Å². The van der Waals surface area contributed by atoms with Crippen molar-refractivity contribution in [2.45, 2.75) is 19.8 Å². The molecule has 2 heterocycles. The van der Waals surface area contributed by atoms with Crippen molar-refractivity contribution in [1.82, 2.24) is 10.3 Å². The molecule has 0 bridgehead atoms. The molecule has 2 amide bonds. The van der Waals surface area contributed by atoms with Crippen LogP contribution in [0, 0.1) is 0 Å². The van der Waals surface area contributed by atoms with Crippen LogP contribution in [0.25, 0.3) is 11.3 Å². The molecule has 1 aromatic heterocycles. The van der Waals surface area contributed by atoms with Crippen molar-refractivity contribution >= 4 is 28.8 Å². The summed E-state index contributed by atoms with van der Waals surface area (Å²) in [6, 6.07) is 5.57. The van der Waals surface area contributed by atoms with Crippen molar-refractivity contribution < 1.29 is 14.3 Å². The SMILES string of the molecule is CCCCNC(=O)CN1C(=O)COc2ccc(-c3cscn3)cc21. The van der Waals surface area contributed by atoms with Crippen molar-refractivity contribution in [1.29, 1.82) is 0 Å². The number of hydrogen-bond donors (Lipinski definition) is 1. The van der Waals surface area contributed by atoms with Gasteiger partial charge in [0.15, 0.2) is 6.61 Å². The zero-order chi connectivity index (χ0) is 16.9. The molecular formula is C17H19N3O3S. The Bertz CT molecular complexity index is 731. The number of anilines is 1. The van der Waals surface area contributed by atoms with Crippen LogP contribution in [-0.4, -0.2) is 36.5 Å². The van der Waals surface area contributed by atoms with Crippen LogP contribution < -0.4 is 15.0 Å². The Morgan fingerprint density at radius 2 is 2.33 bits per heavy atom. The first-order valence-electron chi connectivity index (χ1n) is 7.91. The number of nitrogens with one attached hydrogen (secondary N) is 1. The number of hydrogen-bond acceptors (Lipinski definition) is 5. The monoisotopic (exact) mass is 345 g/mol. The number of thiazole rings is 1. The summed E-state index contributed by atoms with van der Waals surface area (Å²) in [5.74, 6) is 0.224. The third-order valence-electron chi connectivity index (χ3n) is 3.78. The molecule has 2 aromatic rings. The summed E-state index contributed by atoms with van der Waals surface area (Å²) < 4.78 is 5.48. The molecule has 6 nitrogen and oxygen atoms in total. The van der Waals surface area contributed by atoms with Crippen LogP contribution >= 0.6 is 11.3 Å². The maximum atomic E-state index is 12.2. The highest BCUT2D eigenvalue weighted by atomic mass is 32.1. The second-order valence-corrected chi connectivity index (χ2v) is 6.25. The van der Waals surface area contributed by atoms with Gasteiger partial charge < -0.3 is 10.1 Å². The van der Waals surface area contributed by atoms with Gasteiger partial charge >= 0.3 is 0 Å². The van der Waals surface area contributed by atoms with E-state index in [9.17, 15) is 9.59 Å². The molecule has 1 aliphatic heterocycles. The number of carbonyl (C=O) groups is 2. The molecule has 0 atom stereocenters. The lowest BCUT2D eigenvalue weighted by Crippen LogP contribution is -2.45. The van der Waals surface area contributed by atoms with E-state index in [1.807, 2.05) is 23.6 Å². The van der Waals surface area contributed by atoms with Gasteiger partial charge in [0.25, 0.3) is 5.91 Å². The molecule has 126 valence electrons. The minimum Gasteiger partial charge on any atom is -0.482 e. The molecule has 0 saturated heterocycles. The zero-order valence-corrected chi connectivity index (χ0v) is 14.3. The average Bonchev–Trinajstić information content (AvgIpc) is 3.12. The molecule has 7 heteroatoms. The van der Waals surface area contributed by atoms with Crippen LogP contribution in [0.2, 0.25) is 0 Å². The van der Waals surface area contributed by atoms with Crippen LogP contribution in [0.1, 0.15) is 19.8 Å². The van der Waals surface area contributed by atoms with Crippen LogP contribution in [0.4, 0.5) is 5.69 Å². The number of ether oxygens (including phenoxy) is 1. The van der Waals surface area contributed by atoms with E-state index in [0.29, 0.717) is 18.0 Å². The van der Waals surface area contributed by atoms with Gasteiger partial charge in [-0.2, -0.15) is 0 Å². The molecule has 3 rings (SSSR count). The lowest BCUT2D eigenvalue weighted by atomic mass is 10.1. The second-order valence-electron chi connectivity index (χ2n) is 5.53. The quantitative estimate of drug-likeness (QED) is 0.817. The van der Waals surface area contributed by atoms with Gasteiger partial charge in [0, 0.05) is 17.5 Å². The number of amides is 2. The van der Waals surface area contributed by atoms with Crippen molar-refractivity contribution in [3.8, 4) is 17.0 Å². The van der Waals surface area contributed by atoms with Crippen LogP contribution in [-0.2, 0) is 9.59 Å². The highest BCUT2D eigenvalue weighted by molar-refractivity contribution is 7.07. The van der Waals surface area contributed by atoms with Gasteiger partial charge in [-0.15, -0.1) is 11.3 Å². The molecule has 1 aromatic carbocycles. The number of carbonyl (C=O) groups excluding carboxylic acids is 2. The molecule has 0 aliphatic carbocycles. The van der Waals surface area contributed by atoms with E-state index in [2.05, 4.69) is 17.2 Å².